The minimum atomic E-state index is -0.802. The minimum Gasteiger partial charge on any atom is -0.480 e. The zero-order valence-electron chi connectivity index (χ0n) is 16.6. The molecule has 2 N–H and O–H groups in total. The van der Waals surface area contributed by atoms with E-state index in [2.05, 4.69) is 24.3 Å². The van der Waals surface area contributed by atoms with Crippen molar-refractivity contribution in [1.82, 2.24) is 20.0 Å². The second-order valence-electron chi connectivity index (χ2n) is 7.75. The number of aromatic nitrogens is 2. The molecule has 0 unspecified atom stereocenters. The molecule has 1 amide bonds. The Balaban J connectivity index is 1.85. The lowest BCUT2D eigenvalue weighted by molar-refractivity contribution is -0.139. The van der Waals surface area contributed by atoms with Crippen molar-refractivity contribution in [1.29, 1.82) is 0 Å². The van der Waals surface area contributed by atoms with Crippen molar-refractivity contribution >= 4 is 11.9 Å². The molecule has 0 spiro atoms. The number of nitrogens with one attached hydrogen (secondary N) is 1. The maximum absolute atomic E-state index is 12.4. The fourth-order valence-corrected chi connectivity index (χ4v) is 3.63. The number of rotatable bonds is 9. The topological polar surface area (TPSA) is 87.5 Å². The highest BCUT2D eigenvalue weighted by Gasteiger charge is 2.34. The van der Waals surface area contributed by atoms with Gasteiger partial charge in [0.1, 0.15) is 0 Å². The minimum absolute atomic E-state index is 0.0185. The number of carboxylic acids is 1. The first kappa shape index (κ1) is 20.4. The molecule has 1 fully saturated rings. The number of hydrogen-bond acceptors (Lipinski definition) is 4. The summed E-state index contributed by atoms with van der Waals surface area (Å²) >= 11 is 0. The van der Waals surface area contributed by atoms with Crippen LogP contribution in [-0.4, -0.2) is 56.8 Å². The Hall–Kier alpha value is -1.89. The number of carboxylic acid groups (broad SMARTS) is 1. The maximum atomic E-state index is 12.4. The van der Waals surface area contributed by atoms with Gasteiger partial charge in [0.25, 0.3) is 0 Å². The summed E-state index contributed by atoms with van der Waals surface area (Å²) in [5.41, 5.74) is 3.00. The number of aliphatic carboxylic acids is 1. The van der Waals surface area contributed by atoms with Crippen LogP contribution >= 0.6 is 0 Å². The van der Waals surface area contributed by atoms with Crippen LogP contribution in [0.1, 0.15) is 50.6 Å². The van der Waals surface area contributed by atoms with E-state index in [0.29, 0.717) is 18.9 Å². The Morgan fingerprint density at radius 2 is 2.00 bits per heavy atom. The normalized spacial score (nSPS) is 19.7. The van der Waals surface area contributed by atoms with Gasteiger partial charge in [-0.1, -0.05) is 20.8 Å². The van der Waals surface area contributed by atoms with Gasteiger partial charge in [-0.15, -0.1) is 0 Å². The molecule has 1 aromatic rings. The molecule has 7 heteroatoms. The van der Waals surface area contributed by atoms with E-state index in [9.17, 15) is 9.59 Å². The third kappa shape index (κ3) is 5.06. The summed E-state index contributed by atoms with van der Waals surface area (Å²) in [6, 6.07) is 0.389. The predicted octanol–water partition coefficient (Wildman–Crippen LogP) is 1.75. The van der Waals surface area contributed by atoms with Gasteiger partial charge in [0.2, 0.25) is 5.91 Å². The molecule has 146 valence electrons. The molecule has 0 atom stereocenters. The van der Waals surface area contributed by atoms with Crippen LogP contribution in [0, 0.1) is 19.8 Å². The molecule has 1 aliphatic rings. The molecule has 0 bridgehead atoms. The summed E-state index contributed by atoms with van der Waals surface area (Å²) in [5.74, 6) is -0.275. The highest BCUT2D eigenvalue weighted by molar-refractivity contribution is 5.79. The first-order chi connectivity index (χ1) is 12.2. The number of carbonyl (C=O) groups excluding carboxylic acids is 1. The summed E-state index contributed by atoms with van der Waals surface area (Å²) in [6.45, 7) is 11.9. The third-order valence-electron chi connectivity index (χ3n) is 5.15. The van der Waals surface area contributed by atoms with Crippen LogP contribution in [0.4, 0.5) is 0 Å². The Labute approximate surface area is 155 Å². The highest BCUT2D eigenvalue weighted by Crippen LogP contribution is 2.26. The van der Waals surface area contributed by atoms with Crippen LogP contribution in [0.25, 0.3) is 0 Å². The van der Waals surface area contributed by atoms with Gasteiger partial charge in [-0.3, -0.25) is 19.2 Å². The van der Waals surface area contributed by atoms with Crippen molar-refractivity contribution in [3.8, 4) is 0 Å². The summed E-state index contributed by atoms with van der Waals surface area (Å²) in [5, 5.41) is 16.6. The fourth-order valence-electron chi connectivity index (χ4n) is 3.63. The van der Waals surface area contributed by atoms with Gasteiger partial charge in [-0.05, 0) is 39.2 Å². The Morgan fingerprint density at radius 3 is 2.54 bits per heavy atom. The van der Waals surface area contributed by atoms with Crippen LogP contribution in [0.5, 0.6) is 0 Å². The van der Waals surface area contributed by atoms with Crippen molar-refractivity contribution in [3.63, 3.8) is 0 Å². The maximum Gasteiger partial charge on any atom is 0.317 e. The van der Waals surface area contributed by atoms with E-state index in [1.54, 1.807) is 0 Å². The molecular formula is C19H32N4O3. The Morgan fingerprint density at radius 1 is 1.35 bits per heavy atom. The number of hydrogen-bond donors (Lipinski definition) is 2. The molecular weight excluding hydrogens is 332 g/mol. The van der Waals surface area contributed by atoms with Gasteiger partial charge in [-0.25, -0.2) is 0 Å². The molecule has 7 nitrogen and oxygen atoms in total. The van der Waals surface area contributed by atoms with E-state index in [1.165, 1.54) is 0 Å². The molecule has 0 aliphatic heterocycles. The molecule has 1 aliphatic carbocycles. The second-order valence-corrected chi connectivity index (χ2v) is 7.75. The first-order valence-corrected chi connectivity index (χ1v) is 9.49. The molecule has 1 aromatic heterocycles. The van der Waals surface area contributed by atoms with E-state index < -0.39 is 5.97 Å². The lowest BCUT2D eigenvalue weighted by Crippen LogP contribution is -2.55. The molecule has 0 saturated heterocycles. The van der Waals surface area contributed by atoms with Crippen LogP contribution in [0.15, 0.2) is 0 Å². The largest absolute Gasteiger partial charge is 0.480 e. The van der Waals surface area contributed by atoms with E-state index in [1.807, 2.05) is 30.4 Å². The molecule has 26 heavy (non-hydrogen) atoms. The third-order valence-corrected chi connectivity index (χ3v) is 5.15. The predicted molar refractivity (Wildman–Crippen MR) is 100 cm³/mol. The van der Waals surface area contributed by atoms with Crippen molar-refractivity contribution in [3.05, 3.63) is 17.0 Å². The van der Waals surface area contributed by atoms with Crippen LogP contribution in [0.2, 0.25) is 0 Å². The number of likely N-dealkylation sites (N-methyl/N-ethyl adjacent to an activating group) is 1. The van der Waals surface area contributed by atoms with Gasteiger partial charge in [0, 0.05) is 29.9 Å². The number of aryl methyl sites for hydroxylation is 1. The average molecular weight is 364 g/mol. The van der Waals surface area contributed by atoms with Crippen molar-refractivity contribution < 1.29 is 14.7 Å². The SMILES string of the molecule is CCN(CC(=O)O)C1CC(NC(=O)Cc2c(C)nn(CC(C)C)c2C)C1. The summed E-state index contributed by atoms with van der Waals surface area (Å²) in [6.07, 6.45) is 1.98. The van der Waals surface area contributed by atoms with Crippen LogP contribution in [-0.2, 0) is 22.6 Å². The lowest BCUT2D eigenvalue weighted by Gasteiger charge is -2.42. The zero-order valence-corrected chi connectivity index (χ0v) is 16.6. The smallest absolute Gasteiger partial charge is 0.317 e. The zero-order chi connectivity index (χ0) is 19.4. The number of amides is 1. The second kappa shape index (κ2) is 8.66. The van der Waals surface area contributed by atoms with Gasteiger partial charge >= 0.3 is 5.97 Å². The molecule has 0 aromatic carbocycles. The molecule has 1 saturated carbocycles. The van der Waals surface area contributed by atoms with Crippen molar-refractivity contribution in [2.75, 3.05) is 13.1 Å². The van der Waals surface area contributed by atoms with Gasteiger partial charge in [0.15, 0.2) is 0 Å². The number of carbonyl (C=O) groups is 2. The first-order valence-electron chi connectivity index (χ1n) is 9.49. The summed E-state index contributed by atoms with van der Waals surface area (Å²) in [7, 11) is 0. The van der Waals surface area contributed by atoms with E-state index in [4.69, 9.17) is 5.11 Å². The summed E-state index contributed by atoms with van der Waals surface area (Å²) < 4.78 is 1.99. The Kier molecular flexibility index (Phi) is 6.81. The van der Waals surface area contributed by atoms with Crippen molar-refractivity contribution in [2.45, 2.75) is 72.5 Å². The van der Waals surface area contributed by atoms with Crippen LogP contribution in [0.3, 0.4) is 0 Å². The monoisotopic (exact) mass is 364 g/mol. The van der Waals surface area contributed by atoms with Gasteiger partial charge in [-0.2, -0.15) is 5.10 Å². The molecule has 1 heterocycles. The van der Waals surface area contributed by atoms with Crippen molar-refractivity contribution in [2.24, 2.45) is 5.92 Å². The highest BCUT2D eigenvalue weighted by atomic mass is 16.4. The molecule has 2 rings (SSSR count). The van der Waals surface area contributed by atoms with E-state index >= 15 is 0 Å². The van der Waals surface area contributed by atoms with E-state index in [0.717, 1.165) is 36.3 Å². The molecule has 0 radical (unpaired) electrons. The van der Waals surface area contributed by atoms with Gasteiger partial charge in [0.05, 0.1) is 18.7 Å². The van der Waals surface area contributed by atoms with E-state index in [-0.39, 0.29) is 24.5 Å². The average Bonchev–Trinajstić information content (AvgIpc) is 2.75. The summed E-state index contributed by atoms with van der Waals surface area (Å²) in [4.78, 5) is 25.3. The Bertz CT molecular complexity index is 647. The quantitative estimate of drug-likeness (QED) is 0.697. The number of nitrogens with zero attached hydrogens (tertiary/aromatic N) is 3. The van der Waals surface area contributed by atoms with Crippen LogP contribution < -0.4 is 5.32 Å². The lowest BCUT2D eigenvalue weighted by atomic mass is 9.85. The standard InChI is InChI=1S/C19H32N4O3/c1-6-22(11-19(25)26)16-7-15(8-16)20-18(24)9-17-13(4)21-23(14(17)5)10-12(2)3/h12,15-16H,6-11H2,1-5H3,(H,20,24)(H,25,26). The van der Waals surface area contributed by atoms with Gasteiger partial charge < -0.3 is 10.4 Å². The fraction of sp³-hybridized carbons (Fsp3) is 0.737.